The lowest BCUT2D eigenvalue weighted by Crippen LogP contribution is -2.28. The number of para-hydroxylation sites is 1. The van der Waals surface area contributed by atoms with Gasteiger partial charge in [0.2, 0.25) is 11.8 Å². The van der Waals surface area contributed by atoms with Gasteiger partial charge in [-0.25, -0.2) is 4.39 Å². The van der Waals surface area contributed by atoms with Crippen LogP contribution in [0.15, 0.2) is 48.5 Å². The van der Waals surface area contributed by atoms with Crippen LogP contribution in [0.25, 0.3) is 0 Å². The van der Waals surface area contributed by atoms with Crippen LogP contribution in [0.2, 0.25) is 0 Å². The highest BCUT2D eigenvalue weighted by Gasteiger charge is 2.35. The van der Waals surface area contributed by atoms with Gasteiger partial charge in [-0.2, -0.15) is 0 Å². The SMILES string of the molecule is Cc1ccc(NC(=O)C2CC(=O)N(c3ccccc3)C2)c(F)c1. The van der Waals surface area contributed by atoms with E-state index in [9.17, 15) is 14.0 Å². The molecule has 2 amide bonds. The highest BCUT2D eigenvalue weighted by atomic mass is 19.1. The van der Waals surface area contributed by atoms with Crippen LogP contribution >= 0.6 is 0 Å². The maximum Gasteiger partial charge on any atom is 0.229 e. The molecule has 1 aliphatic heterocycles. The van der Waals surface area contributed by atoms with Crippen molar-refractivity contribution in [3.05, 3.63) is 59.9 Å². The lowest BCUT2D eigenvalue weighted by molar-refractivity contribution is -0.122. The molecule has 1 heterocycles. The van der Waals surface area contributed by atoms with E-state index in [1.54, 1.807) is 17.9 Å². The van der Waals surface area contributed by atoms with Gasteiger partial charge in [0.25, 0.3) is 0 Å². The van der Waals surface area contributed by atoms with Crippen molar-refractivity contribution in [1.29, 1.82) is 0 Å². The molecule has 1 unspecified atom stereocenters. The zero-order valence-electron chi connectivity index (χ0n) is 12.8. The van der Waals surface area contributed by atoms with Gasteiger partial charge in [-0.05, 0) is 36.8 Å². The van der Waals surface area contributed by atoms with E-state index in [4.69, 9.17) is 0 Å². The van der Waals surface area contributed by atoms with Crippen molar-refractivity contribution >= 4 is 23.2 Å². The molecule has 3 rings (SSSR count). The van der Waals surface area contributed by atoms with Gasteiger partial charge in [0.05, 0.1) is 11.6 Å². The molecule has 0 aliphatic carbocycles. The minimum absolute atomic E-state index is 0.0965. The topological polar surface area (TPSA) is 49.4 Å². The lowest BCUT2D eigenvalue weighted by Gasteiger charge is -2.16. The number of benzene rings is 2. The standard InChI is InChI=1S/C18H17FN2O2/c1-12-7-8-16(15(19)9-12)20-18(23)13-10-17(22)21(11-13)14-5-3-2-4-6-14/h2-9,13H,10-11H2,1H3,(H,20,23). The van der Waals surface area contributed by atoms with E-state index in [-0.39, 0.29) is 23.9 Å². The molecule has 1 saturated heterocycles. The molecule has 5 heteroatoms. The Hall–Kier alpha value is -2.69. The van der Waals surface area contributed by atoms with Gasteiger partial charge < -0.3 is 10.2 Å². The van der Waals surface area contributed by atoms with Crippen molar-refractivity contribution in [2.24, 2.45) is 5.92 Å². The highest BCUT2D eigenvalue weighted by Crippen LogP contribution is 2.26. The Labute approximate surface area is 133 Å². The number of nitrogens with one attached hydrogen (secondary N) is 1. The van der Waals surface area contributed by atoms with Crippen LogP contribution in [-0.2, 0) is 9.59 Å². The maximum atomic E-state index is 13.8. The summed E-state index contributed by atoms with van der Waals surface area (Å²) in [7, 11) is 0. The average molecular weight is 312 g/mol. The van der Waals surface area contributed by atoms with E-state index in [1.165, 1.54) is 12.1 Å². The minimum Gasteiger partial charge on any atom is -0.323 e. The van der Waals surface area contributed by atoms with Crippen LogP contribution in [0.4, 0.5) is 15.8 Å². The summed E-state index contributed by atoms with van der Waals surface area (Å²) in [5, 5.41) is 2.58. The van der Waals surface area contributed by atoms with Gasteiger partial charge in [0.15, 0.2) is 0 Å². The number of amides is 2. The van der Waals surface area contributed by atoms with Gasteiger partial charge in [-0.15, -0.1) is 0 Å². The minimum atomic E-state index is -0.483. The molecule has 4 nitrogen and oxygen atoms in total. The summed E-state index contributed by atoms with van der Waals surface area (Å²) in [6, 6.07) is 13.9. The summed E-state index contributed by atoms with van der Waals surface area (Å²) in [4.78, 5) is 26.0. The van der Waals surface area contributed by atoms with Crippen molar-refractivity contribution in [1.82, 2.24) is 0 Å². The van der Waals surface area contributed by atoms with Gasteiger partial charge in [0.1, 0.15) is 5.82 Å². The fraction of sp³-hybridized carbons (Fsp3) is 0.222. The van der Waals surface area contributed by atoms with Crippen LogP contribution < -0.4 is 10.2 Å². The first-order valence-corrected chi connectivity index (χ1v) is 7.47. The molecule has 0 saturated carbocycles. The summed E-state index contributed by atoms with van der Waals surface area (Å²) in [5.74, 6) is -1.38. The summed E-state index contributed by atoms with van der Waals surface area (Å²) in [6.07, 6.45) is 0.133. The normalized spacial score (nSPS) is 17.4. The van der Waals surface area contributed by atoms with Gasteiger partial charge in [-0.3, -0.25) is 9.59 Å². The zero-order valence-corrected chi connectivity index (χ0v) is 12.8. The second-order valence-electron chi connectivity index (χ2n) is 5.71. The molecule has 23 heavy (non-hydrogen) atoms. The van der Waals surface area contributed by atoms with Crippen molar-refractivity contribution in [2.75, 3.05) is 16.8 Å². The molecule has 1 atom stereocenters. The Bertz CT molecular complexity index is 746. The van der Waals surface area contributed by atoms with E-state index < -0.39 is 11.7 Å². The van der Waals surface area contributed by atoms with Crippen molar-refractivity contribution in [3.63, 3.8) is 0 Å². The maximum absolute atomic E-state index is 13.8. The van der Waals surface area contributed by atoms with Gasteiger partial charge in [0, 0.05) is 18.7 Å². The molecule has 118 valence electrons. The summed E-state index contributed by atoms with van der Waals surface area (Å²) < 4.78 is 13.8. The smallest absolute Gasteiger partial charge is 0.229 e. The first-order valence-electron chi connectivity index (χ1n) is 7.47. The predicted octanol–water partition coefficient (Wildman–Crippen LogP) is 3.13. The number of rotatable bonds is 3. The third-order valence-corrected chi connectivity index (χ3v) is 3.95. The third kappa shape index (κ3) is 3.23. The number of carbonyl (C=O) groups excluding carboxylic acids is 2. The van der Waals surface area contributed by atoms with E-state index in [0.717, 1.165) is 11.3 Å². The largest absolute Gasteiger partial charge is 0.323 e. The van der Waals surface area contributed by atoms with Gasteiger partial charge >= 0.3 is 0 Å². The summed E-state index contributed by atoms with van der Waals surface area (Å²) in [5.41, 5.74) is 1.70. The molecular formula is C18H17FN2O2. The Morgan fingerprint density at radius 1 is 1.22 bits per heavy atom. The first-order chi connectivity index (χ1) is 11.0. The molecule has 2 aromatic rings. The summed E-state index contributed by atoms with van der Waals surface area (Å²) >= 11 is 0. The van der Waals surface area contributed by atoms with E-state index in [1.807, 2.05) is 30.3 Å². The predicted molar refractivity (Wildman–Crippen MR) is 86.7 cm³/mol. The summed E-state index contributed by atoms with van der Waals surface area (Å²) in [6.45, 7) is 2.09. The number of carbonyl (C=O) groups is 2. The molecule has 1 N–H and O–H groups in total. The fourth-order valence-corrected chi connectivity index (χ4v) is 2.70. The van der Waals surface area contributed by atoms with Crippen molar-refractivity contribution < 1.29 is 14.0 Å². The molecule has 0 radical (unpaired) electrons. The average Bonchev–Trinajstić information content (AvgIpc) is 2.93. The zero-order chi connectivity index (χ0) is 16.4. The Morgan fingerprint density at radius 2 is 1.96 bits per heavy atom. The van der Waals surface area contributed by atoms with E-state index in [0.29, 0.717) is 6.54 Å². The number of nitrogens with zero attached hydrogens (tertiary/aromatic N) is 1. The Kier molecular flexibility index (Phi) is 4.10. The highest BCUT2D eigenvalue weighted by molar-refractivity contribution is 6.03. The molecule has 0 spiro atoms. The molecule has 0 aromatic heterocycles. The van der Waals surface area contributed by atoms with Gasteiger partial charge in [-0.1, -0.05) is 24.3 Å². The molecule has 0 bridgehead atoms. The Balaban J connectivity index is 1.71. The van der Waals surface area contributed by atoms with Crippen LogP contribution in [-0.4, -0.2) is 18.4 Å². The van der Waals surface area contributed by atoms with Crippen LogP contribution in [0.1, 0.15) is 12.0 Å². The second kappa shape index (κ2) is 6.20. The third-order valence-electron chi connectivity index (χ3n) is 3.95. The Morgan fingerprint density at radius 3 is 2.65 bits per heavy atom. The number of hydrogen-bond donors (Lipinski definition) is 1. The van der Waals surface area contributed by atoms with Crippen LogP contribution in [0.5, 0.6) is 0 Å². The van der Waals surface area contributed by atoms with Crippen LogP contribution in [0.3, 0.4) is 0 Å². The number of halogens is 1. The molecular weight excluding hydrogens is 295 g/mol. The lowest BCUT2D eigenvalue weighted by atomic mass is 10.1. The van der Waals surface area contributed by atoms with Crippen molar-refractivity contribution in [2.45, 2.75) is 13.3 Å². The fourth-order valence-electron chi connectivity index (χ4n) is 2.70. The number of anilines is 2. The number of hydrogen-bond acceptors (Lipinski definition) is 2. The monoisotopic (exact) mass is 312 g/mol. The van der Waals surface area contributed by atoms with Crippen LogP contribution in [0, 0.1) is 18.7 Å². The molecule has 2 aromatic carbocycles. The number of aryl methyl sites for hydroxylation is 1. The van der Waals surface area contributed by atoms with E-state index >= 15 is 0 Å². The van der Waals surface area contributed by atoms with E-state index in [2.05, 4.69) is 5.32 Å². The van der Waals surface area contributed by atoms with Crippen molar-refractivity contribution in [3.8, 4) is 0 Å². The molecule has 1 fully saturated rings. The quantitative estimate of drug-likeness (QED) is 0.946. The molecule has 1 aliphatic rings. The second-order valence-corrected chi connectivity index (χ2v) is 5.71. The first kappa shape index (κ1) is 15.2.